The molecule has 11 heteroatoms. The Kier molecular flexibility index (Phi) is 5.40. The maximum absolute atomic E-state index is 14.1. The summed E-state index contributed by atoms with van der Waals surface area (Å²) in [4.78, 5) is 14.8. The van der Waals surface area contributed by atoms with Crippen LogP contribution in [0.15, 0.2) is 41.6 Å². The molecule has 3 aromatic rings. The number of aryl methyl sites for hydroxylation is 3. The van der Waals surface area contributed by atoms with E-state index in [1.807, 2.05) is 4.90 Å². The number of hydrogen-bond acceptors (Lipinski definition) is 6. The zero-order chi connectivity index (χ0) is 22.3. The first-order chi connectivity index (χ1) is 14.7. The van der Waals surface area contributed by atoms with Gasteiger partial charge in [0.15, 0.2) is 0 Å². The molecular formula is C20H23FN6O3S. The highest BCUT2D eigenvalue weighted by atomic mass is 32.2. The fourth-order valence-corrected chi connectivity index (χ4v) is 5.29. The Morgan fingerprint density at radius 2 is 1.74 bits per heavy atom. The number of halogens is 1. The van der Waals surface area contributed by atoms with Gasteiger partial charge >= 0.3 is 0 Å². The Balaban J connectivity index is 1.60. The van der Waals surface area contributed by atoms with Gasteiger partial charge in [0, 0.05) is 45.1 Å². The van der Waals surface area contributed by atoms with Crippen molar-refractivity contribution in [2.75, 3.05) is 31.1 Å². The summed E-state index contributed by atoms with van der Waals surface area (Å²) < 4.78 is 44.5. The molecule has 4 rings (SSSR count). The summed E-state index contributed by atoms with van der Waals surface area (Å²) in [6, 6.07) is 8.14. The van der Waals surface area contributed by atoms with Gasteiger partial charge in [-0.1, -0.05) is 12.1 Å². The number of anilines is 1. The molecule has 164 valence electrons. The molecule has 0 radical (unpaired) electrons. The van der Waals surface area contributed by atoms with E-state index in [9.17, 15) is 17.6 Å². The first-order valence-corrected chi connectivity index (χ1v) is 11.2. The Morgan fingerprint density at radius 3 is 2.35 bits per heavy atom. The maximum Gasteiger partial charge on any atom is 0.283 e. The molecule has 2 aromatic heterocycles. The van der Waals surface area contributed by atoms with E-state index >= 15 is 0 Å². The highest BCUT2D eigenvalue weighted by Crippen LogP contribution is 2.24. The minimum absolute atomic E-state index is 0.0368. The number of para-hydroxylation sites is 1. The first-order valence-electron chi connectivity index (χ1n) is 9.79. The van der Waals surface area contributed by atoms with Gasteiger partial charge in [0.05, 0.1) is 11.4 Å². The van der Waals surface area contributed by atoms with Crippen LogP contribution in [0.3, 0.4) is 0 Å². The molecule has 1 saturated heterocycles. The van der Waals surface area contributed by atoms with Gasteiger partial charge in [0.25, 0.3) is 15.9 Å². The molecule has 0 aliphatic carbocycles. The topological polar surface area (TPSA) is 93.3 Å². The van der Waals surface area contributed by atoms with Crippen LogP contribution >= 0.6 is 0 Å². The van der Waals surface area contributed by atoms with E-state index in [0.29, 0.717) is 30.2 Å². The average molecular weight is 447 g/mol. The van der Waals surface area contributed by atoms with Crippen LogP contribution in [-0.2, 0) is 17.1 Å². The Labute approximate surface area is 179 Å². The highest BCUT2D eigenvalue weighted by Gasteiger charge is 2.35. The predicted molar refractivity (Wildman–Crippen MR) is 112 cm³/mol. The Bertz CT molecular complexity index is 1240. The van der Waals surface area contributed by atoms with Gasteiger partial charge in [0.2, 0.25) is 5.03 Å². The third-order valence-electron chi connectivity index (χ3n) is 5.24. The van der Waals surface area contributed by atoms with Gasteiger partial charge < -0.3 is 4.90 Å². The molecule has 1 fully saturated rings. The van der Waals surface area contributed by atoms with Crippen molar-refractivity contribution >= 4 is 21.6 Å². The van der Waals surface area contributed by atoms with Crippen molar-refractivity contribution in [2.45, 2.75) is 18.9 Å². The monoisotopic (exact) mass is 446 g/mol. The van der Waals surface area contributed by atoms with Gasteiger partial charge in [-0.05, 0) is 32.0 Å². The molecule has 1 aliphatic rings. The smallest absolute Gasteiger partial charge is 0.283 e. The van der Waals surface area contributed by atoms with Crippen LogP contribution in [0.2, 0.25) is 0 Å². The van der Waals surface area contributed by atoms with E-state index < -0.39 is 15.9 Å². The van der Waals surface area contributed by atoms with Gasteiger partial charge in [-0.25, -0.2) is 17.5 Å². The Hall–Kier alpha value is -3.05. The van der Waals surface area contributed by atoms with Crippen LogP contribution in [0.25, 0.3) is 0 Å². The second-order valence-electron chi connectivity index (χ2n) is 7.51. The van der Waals surface area contributed by atoms with Crippen molar-refractivity contribution in [3.63, 3.8) is 0 Å². The molecule has 1 aromatic carbocycles. The van der Waals surface area contributed by atoms with Crippen molar-refractivity contribution in [3.05, 3.63) is 59.3 Å². The van der Waals surface area contributed by atoms with Gasteiger partial charge in [-0.2, -0.15) is 14.5 Å². The quantitative estimate of drug-likeness (QED) is 0.604. The lowest BCUT2D eigenvalue weighted by molar-refractivity contribution is 0.0938. The van der Waals surface area contributed by atoms with E-state index in [4.69, 9.17) is 0 Å². The van der Waals surface area contributed by atoms with Crippen LogP contribution in [-0.4, -0.2) is 64.4 Å². The molecule has 0 saturated carbocycles. The van der Waals surface area contributed by atoms with Gasteiger partial charge in [-0.15, -0.1) is 0 Å². The number of rotatable bonds is 4. The maximum atomic E-state index is 14.1. The molecule has 3 heterocycles. The summed E-state index contributed by atoms with van der Waals surface area (Å²) in [6.45, 7) is 4.44. The normalized spacial score (nSPS) is 15.4. The second-order valence-corrected chi connectivity index (χ2v) is 9.36. The third kappa shape index (κ3) is 3.86. The molecular weight excluding hydrogens is 423 g/mol. The van der Waals surface area contributed by atoms with Crippen LogP contribution in [0.5, 0.6) is 0 Å². The fraction of sp³-hybridized carbons (Fsp3) is 0.350. The van der Waals surface area contributed by atoms with E-state index in [2.05, 4.69) is 10.2 Å². The predicted octanol–water partition coefficient (Wildman–Crippen LogP) is 1.57. The Morgan fingerprint density at radius 1 is 1.06 bits per heavy atom. The lowest BCUT2D eigenvalue weighted by Crippen LogP contribution is -2.49. The lowest BCUT2D eigenvalue weighted by atomic mass is 10.2. The average Bonchev–Trinajstić information content (AvgIpc) is 3.30. The summed E-state index contributed by atoms with van der Waals surface area (Å²) in [5, 5.41) is 7.95. The highest BCUT2D eigenvalue weighted by molar-refractivity contribution is 7.89. The summed E-state index contributed by atoms with van der Waals surface area (Å²) >= 11 is 0. The standard InChI is InChI=1S/C20H23FN6O3S/c1-14-12-15(2)27(22-14)20(28)16-13-24(3)23-19(16)31(29,30)26-10-8-25(9-11-26)18-7-5-4-6-17(18)21/h4-7,12-13H,8-11H2,1-3H3. The summed E-state index contributed by atoms with van der Waals surface area (Å²) in [5.41, 5.74) is 1.67. The number of carbonyl (C=O) groups excluding carboxylic acids is 1. The van der Waals surface area contributed by atoms with Crippen molar-refractivity contribution in [1.82, 2.24) is 23.9 Å². The number of carbonyl (C=O) groups is 1. The zero-order valence-corrected chi connectivity index (χ0v) is 18.3. The number of hydrogen-bond donors (Lipinski definition) is 0. The van der Waals surface area contributed by atoms with Crippen molar-refractivity contribution in [1.29, 1.82) is 0 Å². The molecule has 0 bridgehead atoms. The largest absolute Gasteiger partial charge is 0.367 e. The fourth-order valence-electron chi connectivity index (χ4n) is 3.75. The van der Waals surface area contributed by atoms with Crippen molar-refractivity contribution in [3.8, 4) is 0 Å². The summed E-state index contributed by atoms with van der Waals surface area (Å²) in [7, 11) is -2.47. The SMILES string of the molecule is Cc1cc(C)n(C(=O)c2cn(C)nc2S(=O)(=O)N2CCN(c3ccccc3F)CC2)n1. The number of nitrogens with zero attached hydrogens (tertiary/aromatic N) is 6. The molecule has 1 aliphatic heterocycles. The van der Waals surface area contributed by atoms with Crippen molar-refractivity contribution < 1.29 is 17.6 Å². The minimum atomic E-state index is -4.03. The lowest BCUT2D eigenvalue weighted by Gasteiger charge is -2.35. The molecule has 31 heavy (non-hydrogen) atoms. The molecule has 0 unspecified atom stereocenters. The molecule has 0 atom stereocenters. The molecule has 9 nitrogen and oxygen atoms in total. The van der Waals surface area contributed by atoms with E-state index in [1.165, 1.54) is 25.9 Å². The van der Waals surface area contributed by atoms with Gasteiger partial charge in [-0.3, -0.25) is 9.48 Å². The molecule has 0 N–H and O–H groups in total. The number of aromatic nitrogens is 4. The van der Waals surface area contributed by atoms with Crippen LogP contribution in [0.4, 0.5) is 10.1 Å². The van der Waals surface area contributed by atoms with Crippen LogP contribution < -0.4 is 4.90 Å². The number of piperazine rings is 1. The number of sulfonamides is 1. The number of benzene rings is 1. The summed E-state index contributed by atoms with van der Waals surface area (Å²) in [5.74, 6) is -0.899. The minimum Gasteiger partial charge on any atom is -0.367 e. The summed E-state index contributed by atoms with van der Waals surface area (Å²) in [6.07, 6.45) is 1.39. The van der Waals surface area contributed by atoms with E-state index in [1.54, 1.807) is 45.2 Å². The van der Waals surface area contributed by atoms with Gasteiger partial charge in [0.1, 0.15) is 11.4 Å². The molecule has 0 spiro atoms. The molecule has 0 amide bonds. The van der Waals surface area contributed by atoms with Crippen LogP contribution in [0, 0.1) is 19.7 Å². The zero-order valence-electron chi connectivity index (χ0n) is 17.5. The second kappa shape index (κ2) is 7.89. The third-order valence-corrected chi connectivity index (χ3v) is 7.08. The van der Waals surface area contributed by atoms with E-state index in [0.717, 1.165) is 0 Å². The van der Waals surface area contributed by atoms with Crippen LogP contribution in [0.1, 0.15) is 21.7 Å². The first kappa shape index (κ1) is 21.2. The van der Waals surface area contributed by atoms with E-state index in [-0.39, 0.29) is 29.5 Å². The van der Waals surface area contributed by atoms with Crippen molar-refractivity contribution in [2.24, 2.45) is 7.05 Å².